The van der Waals surface area contributed by atoms with Crippen molar-refractivity contribution >= 4 is 5.91 Å². The predicted octanol–water partition coefficient (Wildman–Crippen LogP) is 2.04. The fraction of sp³-hybridized carbons (Fsp3) is 0.400. The number of benzene rings is 1. The number of amides is 1. The van der Waals surface area contributed by atoms with Crippen LogP contribution >= 0.6 is 0 Å². The summed E-state index contributed by atoms with van der Waals surface area (Å²) in [5, 5.41) is 3.04. The SMILES string of the molecule is O=C(CCOc1ccccc1)NCC(c1cccnc1)N1CCOCC1. The molecule has 0 radical (unpaired) electrons. The Labute approximate surface area is 154 Å². The normalized spacial score (nSPS) is 16.0. The third kappa shape index (κ3) is 5.54. The lowest BCUT2D eigenvalue weighted by Gasteiger charge is -2.34. The van der Waals surface area contributed by atoms with Crippen LogP contribution in [0.3, 0.4) is 0 Å². The van der Waals surface area contributed by atoms with E-state index in [0.29, 0.717) is 19.6 Å². The van der Waals surface area contributed by atoms with Gasteiger partial charge in [0, 0.05) is 32.0 Å². The first-order chi connectivity index (χ1) is 12.8. The standard InChI is InChI=1S/C20H25N3O3/c24-20(8-12-26-18-6-2-1-3-7-18)22-16-19(17-5-4-9-21-15-17)23-10-13-25-14-11-23/h1-7,9,15,19H,8,10-14,16H2,(H,22,24). The highest BCUT2D eigenvalue weighted by Crippen LogP contribution is 2.20. The van der Waals surface area contributed by atoms with Gasteiger partial charge in [-0.15, -0.1) is 0 Å². The molecule has 0 aliphatic carbocycles. The lowest BCUT2D eigenvalue weighted by molar-refractivity contribution is -0.121. The van der Waals surface area contributed by atoms with Gasteiger partial charge in [-0.2, -0.15) is 0 Å². The predicted molar refractivity (Wildman–Crippen MR) is 98.9 cm³/mol. The molecule has 3 rings (SSSR count). The number of para-hydroxylation sites is 1. The molecule has 1 fully saturated rings. The molecule has 2 aromatic rings. The molecule has 26 heavy (non-hydrogen) atoms. The van der Waals surface area contributed by atoms with Gasteiger partial charge in [-0.3, -0.25) is 14.7 Å². The van der Waals surface area contributed by atoms with Crippen molar-refractivity contribution < 1.29 is 14.3 Å². The summed E-state index contributed by atoms with van der Waals surface area (Å²) < 4.78 is 11.0. The molecule has 138 valence electrons. The van der Waals surface area contributed by atoms with Crippen LogP contribution in [-0.2, 0) is 9.53 Å². The van der Waals surface area contributed by atoms with Gasteiger partial charge in [0.25, 0.3) is 0 Å². The fourth-order valence-corrected chi connectivity index (χ4v) is 3.00. The fourth-order valence-electron chi connectivity index (χ4n) is 3.00. The topological polar surface area (TPSA) is 63.7 Å². The first-order valence-electron chi connectivity index (χ1n) is 8.99. The van der Waals surface area contributed by atoms with E-state index in [4.69, 9.17) is 9.47 Å². The Morgan fingerprint density at radius 1 is 1.19 bits per heavy atom. The van der Waals surface area contributed by atoms with Crippen LogP contribution in [0.1, 0.15) is 18.0 Å². The number of aromatic nitrogens is 1. The summed E-state index contributed by atoms with van der Waals surface area (Å²) in [6, 6.07) is 13.6. The third-order valence-corrected chi connectivity index (χ3v) is 4.39. The van der Waals surface area contributed by atoms with Gasteiger partial charge in [0.15, 0.2) is 0 Å². The lowest BCUT2D eigenvalue weighted by atomic mass is 10.1. The summed E-state index contributed by atoms with van der Waals surface area (Å²) in [6.45, 7) is 4.06. The van der Waals surface area contributed by atoms with E-state index in [0.717, 1.165) is 37.6 Å². The Morgan fingerprint density at radius 2 is 2.00 bits per heavy atom. The highest BCUT2D eigenvalue weighted by Gasteiger charge is 2.23. The van der Waals surface area contributed by atoms with Crippen molar-refractivity contribution in [1.29, 1.82) is 0 Å². The van der Waals surface area contributed by atoms with E-state index < -0.39 is 0 Å². The summed E-state index contributed by atoms with van der Waals surface area (Å²) in [7, 11) is 0. The van der Waals surface area contributed by atoms with Gasteiger partial charge in [-0.25, -0.2) is 0 Å². The molecule has 1 N–H and O–H groups in total. The van der Waals surface area contributed by atoms with Crippen LogP contribution in [0.2, 0.25) is 0 Å². The quantitative estimate of drug-likeness (QED) is 0.785. The second-order valence-electron chi connectivity index (χ2n) is 6.17. The van der Waals surface area contributed by atoms with Gasteiger partial charge in [0.1, 0.15) is 5.75 Å². The van der Waals surface area contributed by atoms with E-state index in [1.54, 1.807) is 6.20 Å². The van der Waals surface area contributed by atoms with Crippen LogP contribution in [0, 0.1) is 0 Å². The summed E-state index contributed by atoms with van der Waals surface area (Å²) >= 11 is 0. The van der Waals surface area contributed by atoms with Crippen molar-refractivity contribution in [3.8, 4) is 5.75 Å². The number of hydrogen-bond donors (Lipinski definition) is 1. The number of carbonyl (C=O) groups is 1. The molecule has 0 saturated carbocycles. The van der Waals surface area contributed by atoms with Crippen LogP contribution in [0.5, 0.6) is 5.75 Å². The molecule has 1 saturated heterocycles. The first kappa shape index (κ1) is 18.4. The number of pyridine rings is 1. The molecule has 1 aromatic carbocycles. The minimum Gasteiger partial charge on any atom is -0.493 e. The number of hydrogen-bond acceptors (Lipinski definition) is 5. The zero-order chi connectivity index (χ0) is 18.0. The van der Waals surface area contributed by atoms with Crippen LogP contribution in [-0.4, -0.2) is 55.2 Å². The monoisotopic (exact) mass is 355 g/mol. The summed E-state index contributed by atoms with van der Waals surface area (Å²) in [6.07, 6.45) is 3.96. The van der Waals surface area contributed by atoms with Crippen molar-refractivity contribution in [2.24, 2.45) is 0 Å². The largest absolute Gasteiger partial charge is 0.493 e. The minimum absolute atomic E-state index is 0.0110. The van der Waals surface area contributed by atoms with Crippen LogP contribution in [0.4, 0.5) is 0 Å². The lowest BCUT2D eigenvalue weighted by Crippen LogP contribution is -2.44. The zero-order valence-electron chi connectivity index (χ0n) is 14.8. The van der Waals surface area contributed by atoms with E-state index >= 15 is 0 Å². The Kier molecular flexibility index (Phi) is 6.98. The molecule has 1 aromatic heterocycles. The molecule has 0 spiro atoms. The molecule has 1 aliphatic rings. The van der Waals surface area contributed by atoms with E-state index in [9.17, 15) is 4.79 Å². The van der Waals surface area contributed by atoms with Crippen LogP contribution in [0.25, 0.3) is 0 Å². The van der Waals surface area contributed by atoms with E-state index in [-0.39, 0.29) is 11.9 Å². The van der Waals surface area contributed by atoms with Gasteiger partial charge in [-0.1, -0.05) is 24.3 Å². The molecule has 1 atom stereocenters. The Hall–Kier alpha value is -2.44. The van der Waals surface area contributed by atoms with Crippen molar-refractivity contribution in [1.82, 2.24) is 15.2 Å². The smallest absolute Gasteiger partial charge is 0.223 e. The van der Waals surface area contributed by atoms with Gasteiger partial charge < -0.3 is 14.8 Å². The average Bonchev–Trinajstić information content (AvgIpc) is 2.71. The first-order valence-corrected chi connectivity index (χ1v) is 8.99. The number of carbonyl (C=O) groups excluding carboxylic acids is 1. The third-order valence-electron chi connectivity index (χ3n) is 4.39. The average molecular weight is 355 g/mol. The van der Waals surface area contributed by atoms with Crippen LogP contribution < -0.4 is 10.1 Å². The molecule has 1 unspecified atom stereocenters. The summed E-state index contributed by atoms with van der Waals surface area (Å²) in [5.74, 6) is 0.768. The molecular formula is C20H25N3O3. The molecule has 6 nitrogen and oxygen atoms in total. The maximum atomic E-state index is 12.2. The molecule has 2 heterocycles. The molecule has 6 heteroatoms. The van der Waals surface area contributed by atoms with Gasteiger partial charge in [0.2, 0.25) is 5.91 Å². The Balaban J connectivity index is 1.49. The number of ether oxygens (including phenoxy) is 2. The summed E-state index contributed by atoms with van der Waals surface area (Å²) in [5.41, 5.74) is 1.11. The maximum absolute atomic E-state index is 12.2. The van der Waals surface area contributed by atoms with Crippen molar-refractivity contribution in [3.05, 3.63) is 60.4 Å². The van der Waals surface area contributed by atoms with E-state index in [1.807, 2.05) is 42.6 Å². The van der Waals surface area contributed by atoms with Crippen molar-refractivity contribution in [2.45, 2.75) is 12.5 Å². The number of nitrogens with zero attached hydrogens (tertiary/aromatic N) is 2. The summed E-state index contributed by atoms with van der Waals surface area (Å²) in [4.78, 5) is 18.8. The highest BCUT2D eigenvalue weighted by atomic mass is 16.5. The van der Waals surface area contributed by atoms with E-state index in [1.165, 1.54) is 0 Å². The molecule has 1 amide bonds. The van der Waals surface area contributed by atoms with Crippen molar-refractivity contribution in [2.75, 3.05) is 39.5 Å². The highest BCUT2D eigenvalue weighted by molar-refractivity contribution is 5.76. The van der Waals surface area contributed by atoms with Crippen molar-refractivity contribution in [3.63, 3.8) is 0 Å². The number of nitrogens with one attached hydrogen (secondary N) is 1. The van der Waals surface area contributed by atoms with Crippen LogP contribution in [0.15, 0.2) is 54.9 Å². The van der Waals surface area contributed by atoms with Gasteiger partial charge in [0.05, 0.1) is 32.3 Å². The Bertz CT molecular complexity index is 661. The second kappa shape index (κ2) is 9.89. The maximum Gasteiger partial charge on any atom is 0.223 e. The molecule has 1 aliphatic heterocycles. The van der Waals surface area contributed by atoms with Gasteiger partial charge >= 0.3 is 0 Å². The number of rotatable bonds is 8. The zero-order valence-corrected chi connectivity index (χ0v) is 14.8. The van der Waals surface area contributed by atoms with Gasteiger partial charge in [-0.05, 0) is 23.8 Å². The minimum atomic E-state index is -0.0110. The number of morpholine rings is 1. The second-order valence-corrected chi connectivity index (χ2v) is 6.17. The molecular weight excluding hydrogens is 330 g/mol. The Morgan fingerprint density at radius 3 is 2.73 bits per heavy atom. The van der Waals surface area contributed by atoms with E-state index in [2.05, 4.69) is 21.3 Å². The molecule has 0 bridgehead atoms.